The van der Waals surface area contributed by atoms with E-state index in [2.05, 4.69) is 20.6 Å². The minimum Gasteiger partial charge on any atom is -0.481 e. The number of amides is 2. The molecule has 0 bridgehead atoms. The van der Waals surface area contributed by atoms with Gasteiger partial charge in [-0.3, -0.25) is 4.79 Å². The van der Waals surface area contributed by atoms with Crippen LogP contribution in [0.3, 0.4) is 0 Å². The van der Waals surface area contributed by atoms with Gasteiger partial charge in [0.2, 0.25) is 0 Å². The van der Waals surface area contributed by atoms with E-state index in [0.717, 1.165) is 0 Å². The van der Waals surface area contributed by atoms with Crippen molar-refractivity contribution < 1.29 is 24.6 Å². The molecule has 2 atom stereocenters. The molecular weight excluding hydrogens is 268 g/mol. The van der Waals surface area contributed by atoms with Crippen molar-refractivity contribution in [3.05, 3.63) is 18.2 Å². The predicted molar refractivity (Wildman–Crippen MR) is 67.0 cm³/mol. The zero-order valence-corrected chi connectivity index (χ0v) is 10.8. The van der Waals surface area contributed by atoms with E-state index in [1.807, 2.05) is 6.92 Å². The van der Waals surface area contributed by atoms with Crippen molar-refractivity contribution in [1.29, 1.82) is 0 Å². The topological polar surface area (TPSA) is 144 Å². The molecule has 0 aliphatic carbocycles. The Labute approximate surface area is 114 Å². The number of carbonyl (C=O) groups excluding carboxylic acids is 1. The van der Waals surface area contributed by atoms with Crippen LogP contribution in [0.25, 0.3) is 0 Å². The lowest BCUT2D eigenvalue weighted by molar-refractivity contribution is -0.145. The number of hydrogen-bond acceptors (Lipinski definition) is 4. The SMILES string of the molecule is CCC(NC(=O)NC(CC(=O)O)C(=O)O)c1ncc[nH]1. The van der Waals surface area contributed by atoms with E-state index in [9.17, 15) is 14.4 Å². The average molecular weight is 284 g/mol. The van der Waals surface area contributed by atoms with Gasteiger partial charge in [0, 0.05) is 12.4 Å². The number of rotatable bonds is 7. The van der Waals surface area contributed by atoms with Crippen molar-refractivity contribution >= 4 is 18.0 Å². The van der Waals surface area contributed by atoms with Crippen LogP contribution in [-0.2, 0) is 9.59 Å². The summed E-state index contributed by atoms with van der Waals surface area (Å²) in [5.41, 5.74) is 0. The Morgan fingerprint density at radius 1 is 1.35 bits per heavy atom. The highest BCUT2D eigenvalue weighted by Gasteiger charge is 2.24. The molecule has 0 aromatic carbocycles. The zero-order valence-electron chi connectivity index (χ0n) is 10.8. The van der Waals surface area contributed by atoms with Gasteiger partial charge in [-0.2, -0.15) is 0 Å². The van der Waals surface area contributed by atoms with Crippen LogP contribution >= 0.6 is 0 Å². The molecule has 1 heterocycles. The van der Waals surface area contributed by atoms with E-state index in [1.54, 1.807) is 6.20 Å². The van der Waals surface area contributed by atoms with Crippen molar-refractivity contribution in [2.24, 2.45) is 0 Å². The maximum atomic E-state index is 11.7. The second-order valence-electron chi connectivity index (χ2n) is 4.04. The first-order chi connectivity index (χ1) is 9.43. The lowest BCUT2D eigenvalue weighted by atomic mass is 10.2. The van der Waals surface area contributed by atoms with Crippen molar-refractivity contribution in [3.63, 3.8) is 0 Å². The Morgan fingerprint density at radius 3 is 2.50 bits per heavy atom. The molecule has 0 aliphatic rings. The third kappa shape index (κ3) is 4.59. The van der Waals surface area contributed by atoms with Crippen LogP contribution in [-0.4, -0.2) is 44.2 Å². The van der Waals surface area contributed by atoms with Crippen molar-refractivity contribution in [3.8, 4) is 0 Å². The van der Waals surface area contributed by atoms with Crippen molar-refractivity contribution in [2.75, 3.05) is 0 Å². The molecule has 0 radical (unpaired) electrons. The van der Waals surface area contributed by atoms with Crippen molar-refractivity contribution in [1.82, 2.24) is 20.6 Å². The first kappa shape index (κ1) is 15.5. The predicted octanol–water partition coefficient (Wildman–Crippen LogP) is 0.0879. The number of imidazole rings is 1. The van der Waals surface area contributed by atoms with Gasteiger partial charge >= 0.3 is 18.0 Å². The smallest absolute Gasteiger partial charge is 0.326 e. The van der Waals surface area contributed by atoms with Gasteiger partial charge in [-0.25, -0.2) is 14.6 Å². The number of H-pyrrole nitrogens is 1. The van der Waals surface area contributed by atoms with Crippen LogP contribution in [0.2, 0.25) is 0 Å². The van der Waals surface area contributed by atoms with Crippen LogP contribution in [0.15, 0.2) is 12.4 Å². The van der Waals surface area contributed by atoms with Crippen LogP contribution in [0.4, 0.5) is 4.79 Å². The largest absolute Gasteiger partial charge is 0.481 e. The first-order valence-electron chi connectivity index (χ1n) is 5.95. The van der Waals surface area contributed by atoms with Gasteiger partial charge in [0.25, 0.3) is 0 Å². The summed E-state index contributed by atoms with van der Waals surface area (Å²) in [6, 6.07) is -2.66. The fourth-order valence-corrected chi connectivity index (χ4v) is 1.56. The summed E-state index contributed by atoms with van der Waals surface area (Å²) in [6.07, 6.45) is 2.97. The number of aromatic nitrogens is 2. The van der Waals surface area contributed by atoms with E-state index in [0.29, 0.717) is 12.2 Å². The number of nitrogens with zero attached hydrogens (tertiary/aromatic N) is 1. The number of carboxylic acids is 2. The molecule has 20 heavy (non-hydrogen) atoms. The van der Waals surface area contributed by atoms with Crippen molar-refractivity contribution in [2.45, 2.75) is 31.8 Å². The van der Waals surface area contributed by atoms with Gasteiger partial charge in [0.1, 0.15) is 11.9 Å². The number of carbonyl (C=O) groups is 3. The third-order valence-corrected chi connectivity index (χ3v) is 2.55. The molecular formula is C11H16N4O5. The molecule has 2 amide bonds. The summed E-state index contributed by atoms with van der Waals surface area (Å²) in [7, 11) is 0. The fourth-order valence-electron chi connectivity index (χ4n) is 1.56. The third-order valence-electron chi connectivity index (χ3n) is 2.55. The number of nitrogens with one attached hydrogen (secondary N) is 3. The van der Waals surface area contributed by atoms with E-state index < -0.39 is 36.5 Å². The van der Waals surface area contributed by atoms with Gasteiger partial charge in [0.05, 0.1) is 12.5 Å². The molecule has 0 saturated carbocycles. The monoisotopic (exact) mass is 284 g/mol. The van der Waals surface area contributed by atoms with Crippen LogP contribution in [0, 0.1) is 0 Å². The Morgan fingerprint density at radius 2 is 2.05 bits per heavy atom. The van der Waals surface area contributed by atoms with Gasteiger partial charge in [0.15, 0.2) is 0 Å². The molecule has 0 fully saturated rings. The summed E-state index contributed by atoms with van der Waals surface area (Å²) in [4.78, 5) is 39.9. The Bertz CT molecular complexity index is 473. The number of aliphatic carboxylic acids is 2. The molecule has 9 heteroatoms. The number of carboxylic acid groups (broad SMARTS) is 2. The highest BCUT2D eigenvalue weighted by Crippen LogP contribution is 2.10. The highest BCUT2D eigenvalue weighted by molar-refractivity contribution is 5.86. The molecule has 1 rings (SSSR count). The van der Waals surface area contributed by atoms with Crippen LogP contribution < -0.4 is 10.6 Å². The maximum absolute atomic E-state index is 11.7. The van der Waals surface area contributed by atoms with E-state index in [1.165, 1.54) is 6.20 Å². The van der Waals surface area contributed by atoms with Gasteiger partial charge in [-0.05, 0) is 6.42 Å². The Balaban J connectivity index is 2.60. The Kier molecular flexibility index (Phi) is 5.51. The van der Waals surface area contributed by atoms with Gasteiger partial charge < -0.3 is 25.8 Å². The number of aromatic amines is 1. The fraction of sp³-hybridized carbons (Fsp3) is 0.455. The summed E-state index contributed by atoms with van der Waals surface area (Å²) in [5, 5.41) is 22.0. The van der Waals surface area contributed by atoms with Gasteiger partial charge in [-0.15, -0.1) is 0 Å². The molecule has 2 unspecified atom stereocenters. The minimum absolute atomic E-state index is 0.413. The zero-order chi connectivity index (χ0) is 15.1. The van der Waals surface area contributed by atoms with E-state index in [-0.39, 0.29) is 0 Å². The molecule has 5 N–H and O–H groups in total. The standard InChI is InChI=1S/C11H16N4O5/c1-2-6(9-12-3-4-13-9)14-11(20)15-7(10(18)19)5-8(16)17/h3-4,6-7H,2,5H2,1H3,(H,12,13)(H,16,17)(H,18,19)(H2,14,15,20). The Hall–Kier alpha value is -2.58. The second kappa shape index (κ2) is 7.12. The molecule has 0 saturated heterocycles. The average Bonchev–Trinajstić information content (AvgIpc) is 2.88. The van der Waals surface area contributed by atoms with Crippen LogP contribution in [0.1, 0.15) is 31.6 Å². The minimum atomic E-state index is -1.48. The molecule has 1 aromatic heterocycles. The molecule has 9 nitrogen and oxygen atoms in total. The number of hydrogen-bond donors (Lipinski definition) is 5. The maximum Gasteiger partial charge on any atom is 0.326 e. The molecule has 1 aromatic rings. The first-order valence-corrected chi connectivity index (χ1v) is 5.95. The molecule has 0 aliphatic heterocycles. The summed E-state index contributed by atoms with van der Waals surface area (Å²) >= 11 is 0. The van der Waals surface area contributed by atoms with Crippen LogP contribution in [0.5, 0.6) is 0 Å². The highest BCUT2D eigenvalue weighted by atomic mass is 16.4. The summed E-state index contributed by atoms with van der Waals surface area (Å²) in [6.45, 7) is 1.82. The molecule has 0 spiro atoms. The summed E-state index contributed by atoms with van der Waals surface area (Å²) < 4.78 is 0. The molecule has 110 valence electrons. The lowest BCUT2D eigenvalue weighted by Gasteiger charge is -2.18. The second-order valence-corrected chi connectivity index (χ2v) is 4.04. The van der Waals surface area contributed by atoms with Gasteiger partial charge in [-0.1, -0.05) is 6.92 Å². The normalized spacial score (nSPS) is 13.2. The van der Waals surface area contributed by atoms with E-state index >= 15 is 0 Å². The van der Waals surface area contributed by atoms with E-state index in [4.69, 9.17) is 10.2 Å². The quantitative estimate of drug-likeness (QED) is 0.479. The number of urea groups is 1. The lowest BCUT2D eigenvalue weighted by Crippen LogP contribution is -2.47. The summed E-state index contributed by atoms with van der Waals surface area (Å²) in [5.74, 6) is -2.18.